The standard InChI is InChI=1S/C7H12O2/c1-7-4-3-5(8-2)6(7)9-7/h5-6H,3-4H2,1-2H3/t5-,6-,7+/m1/s1. The molecule has 0 aromatic heterocycles. The van der Waals surface area contributed by atoms with Gasteiger partial charge in [0.05, 0.1) is 11.7 Å². The van der Waals surface area contributed by atoms with E-state index in [2.05, 4.69) is 6.92 Å². The lowest BCUT2D eigenvalue weighted by atomic mass is 10.1. The summed E-state index contributed by atoms with van der Waals surface area (Å²) in [4.78, 5) is 0. The fraction of sp³-hybridized carbons (Fsp3) is 1.00. The smallest absolute Gasteiger partial charge is 0.113 e. The molecular formula is C7H12O2. The van der Waals surface area contributed by atoms with Crippen molar-refractivity contribution in [3.05, 3.63) is 0 Å². The Hall–Kier alpha value is -0.0800. The van der Waals surface area contributed by atoms with Gasteiger partial charge in [-0.25, -0.2) is 0 Å². The Morgan fingerprint density at radius 1 is 1.67 bits per heavy atom. The van der Waals surface area contributed by atoms with Gasteiger partial charge in [0.1, 0.15) is 6.10 Å². The lowest BCUT2D eigenvalue weighted by Crippen LogP contribution is -2.13. The van der Waals surface area contributed by atoms with Crippen LogP contribution in [0.4, 0.5) is 0 Å². The Bertz CT molecular complexity index is 135. The SMILES string of the molecule is CO[C@@H]1CC[C@]2(C)O[C@H]12. The van der Waals surface area contributed by atoms with Crippen molar-refractivity contribution in [2.75, 3.05) is 7.11 Å². The zero-order valence-electron chi connectivity index (χ0n) is 5.89. The molecule has 1 aliphatic carbocycles. The molecule has 52 valence electrons. The Kier molecular flexibility index (Phi) is 0.945. The van der Waals surface area contributed by atoms with Crippen LogP contribution in [-0.2, 0) is 9.47 Å². The van der Waals surface area contributed by atoms with E-state index in [4.69, 9.17) is 9.47 Å². The predicted octanol–water partition coefficient (Wildman–Crippen LogP) is 0.953. The van der Waals surface area contributed by atoms with E-state index in [1.165, 1.54) is 12.8 Å². The van der Waals surface area contributed by atoms with E-state index in [9.17, 15) is 0 Å². The van der Waals surface area contributed by atoms with Crippen LogP contribution in [-0.4, -0.2) is 24.9 Å². The number of methoxy groups -OCH3 is 1. The molecule has 1 aliphatic heterocycles. The third-order valence-corrected chi connectivity index (χ3v) is 2.51. The number of hydrogen-bond donors (Lipinski definition) is 0. The quantitative estimate of drug-likeness (QED) is 0.490. The third-order valence-electron chi connectivity index (χ3n) is 2.51. The highest BCUT2D eigenvalue weighted by atomic mass is 16.6. The van der Waals surface area contributed by atoms with E-state index in [0.717, 1.165) is 0 Å². The number of epoxide rings is 1. The van der Waals surface area contributed by atoms with Crippen LogP contribution < -0.4 is 0 Å². The minimum absolute atomic E-state index is 0.209. The molecule has 2 heteroatoms. The molecule has 2 aliphatic rings. The van der Waals surface area contributed by atoms with Gasteiger partial charge in [-0.15, -0.1) is 0 Å². The Morgan fingerprint density at radius 2 is 2.44 bits per heavy atom. The van der Waals surface area contributed by atoms with Gasteiger partial charge in [-0.05, 0) is 19.8 Å². The molecule has 1 saturated heterocycles. The maximum Gasteiger partial charge on any atom is 0.113 e. The van der Waals surface area contributed by atoms with Crippen LogP contribution in [0.25, 0.3) is 0 Å². The van der Waals surface area contributed by atoms with Crippen molar-refractivity contribution in [2.45, 2.75) is 37.6 Å². The fourth-order valence-corrected chi connectivity index (χ4v) is 1.75. The topological polar surface area (TPSA) is 21.8 Å². The van der Waals surface area contributed by atoms with Crippen molar-refractivity contribution in [3.63, 3.8) is 0 Å². The lowest BCUT2D eigenvalue weighted by molar-refractivity contribution is 0.0637. The molecule has 9 heavy (non-hydrogen) atoms. The summed E-state index contributed by atoms with van der Waals surface area (Å²) < 4.78 is 10.6. The average molecular weight is 128 g/mol. The number of ether oxygens (including phenoxy) is 2. The summed E-state index contributed by atoms with van der Waals surface area (Å²) in [6, 6.07) is 0. The van der Waals surface area contributed by atoms with E-state index in [-0.39, 0.29) is 5.60 Å². The Morgan fingerprint density at radius 3 is 2.67 bits per heavy atom. The van der Waals surface area contributed by atoms with Crippen LogP contribution in [0.15, 0.2) is 0 Å². The second kappa shape index (κ2) is 1.50. The number of rotatable bonds is 1. The van der Waals surface area contributed by atoms with Crippen molar-refractivity contribution in [1.29, 1.82) is 0 Å². The molecule has 0 aromatic rings. The van der Waals surface area contributed by atoms with E-state index in [1.807, 2.05) is 0 Å². The average Bonchev–Trinajstić information content (AvgIpc) is 2.39. The first-order valence-electron chi connectivity index (χ1n) is 3.47. The first-order valence-corrected chi connectivity index (χ1v) is 3.47. The van der Waals surface area contributed by atoms with Gasteiger partial charge in [0, 0.05) is 7.11 Å². The van der Waals surface area contributed by atoms with Gasteiger partial charge in [0.2, 0.25) is 0 Å². The first kappa shape index (κ1) is 5.69. The lowest BCUT2D eigenvalue weighted by Gasteiger charge is -2.05. The normalized spacial score (nSPS) is 55.3. The Labute approximate surface area is 55.1 Å². The van der Waals surface area contributed by atoms with E-state index in [0.29, 0.717) is 12.2 Å². The number of hydrogen-bond acceptors (Lipinski definition) is 2. The highest BCUT2D eigenvalue weighted by Crippen LogP contribution is 2.50. The van der Waals surface area contributed by atoms with Gasteiger partial charge in [-0.2, -0.15) is 0 Å². The third kappa shape index (κ3) is 0.634. The molecule has 0 unspecified atom stereocenters. The largest absolute Gasteiger partial charge is 0.379 e. The maximum atomic E-state index is 5.42. The maximum absolute atomic E-state index is 5.42. The van der Waals surface area contributed by atoms with Gasteiger partial charge in [-0.3, -0.25) is 0 Å². The van der Waals surface area contributed by atoms with Gasteiger partial charge >= 0.3 is 0 Å². The van der Waals surface area contributed by atoms with Gasteiger partial charge < -0.3 is 9.47 Å². The molecule has 0 bridgehead atoms. The predicted molar refractivity (Wildman–Crippen MR) is 33.3 cm³/mol. The van der Waals surface area contributed by atoms with Gasteiger partial charge in [0.15, 0.2) is 0 Å². The molecule has 0 radical (unpaired) electrons. The van der Waals surface area contributed by atoms with E-state index < -0.39 is 0 Å². The van der Waals surface area contributed by atoms with Crippen LogP contribution in [0.1, 0.15) is 19.8 Å². The van der Waals surface area contributed by atoms with Crippen LogP contribution in [0.5, 0.6) is 0 Å². The van der Waals surface area contributed by atoms with Crippen LogP contribution in [0.2, 0.25) is 0 Å². The van der Waals surface area contributed by atoms with Gasteiger partial charge in [0.25, 0.3) is 0 Å². The van der Waals surface area contributed by atoms with Gasteiger partial charge in [-0.1, -0.05) is 0 Å². The summed E-state index contributed by atoms with van der Waals surface area (Å²) in [6.07, 6.45) is 3.16. The van der Waals surface area contributed by atoms with E-state index >= 15 is 0 Å². The molecule has 1 saturated carbocycles. The second-order valence-electron chi connectivity index (χ2n) is 3.16. The van der Waals surface area contributed by atoms with Crippen LogP contribution in [0.3, 0.4) is 0 Å². The molecule has 0 N–H and O–H groups in total. The Balaban J connectivity index is 2.04. The first-order chi connectivity index (χ1) is 4.26. The minimum atomic E-state index is 0.209. The molecule has 3 atom stereocenters. The molecule has 1 heterocycles. The molecule has 2 nitrogen and oxygen atoms in total. The zero-order chi connectivity index (χ0) is 6.48. The molecule has 0 spiro atoms. The monoisotopic (exact) mass is 128 g/mol. The second-order valence-corrected chi connectivity index (χ2v) is 3.16. The van der Waals surface area contributed by atoms with Crippen molar-refractivity contribution >= 4 is 0 Å². The highest BCUT2D eigenvalue weighted by Gasteiger charge is 2.61. The molecule has 0 aromatic carbocycles. The van der Waals surface area contributed by atoms with Crippen molar-refractivity contribution in [2.24, 2.45) is 0 Å². The summed E-state index contributed by atoms with van der Waals surface area (Å²) in [5, 5.41) is 0. The fourth-order valence-electron chi connectivity index (χ4n) is 1.75. The summed E-state index contributed by atoms with van der Waals surface area (Å²) >= 11 is 0. The zero-order valence-corrected chi connectivity index (χ0v) is 5.89. The summed E-state index contributed by atoms with van der Waals surface area (Å²) in [7, 11) is 1.76. The van der Waals surface area contributed by atoms with Crippen molar-refractivity contribution in [3.8, 4) is 0 Å². The highest BCUT2D eigenvalue weighted by molar-refractivity contribution is 5.09. The van der Waals surface area contributed by atoms with Crippen LogP contribution in [0, 0.1) is 0 Å². The van der Waals surface area contributed by atoms with Crippen molar-refractivity contribution < 1.29 is 9.47 Å². The van der Waals surface area contributed by atoms with Crippen molar-refractivity contribution in [1.82, 2.24) is 0 Å². The van der Waals surface area contributed by atoms with Crippen LogP contribution >= 0.6 is 0 Å². The number of fused-ring (bicyclic) bond motifs is 1. The molecule has 0 amide bonds. The molecule has 2 rings (SSSR count). The summed E-state index contributed by atoms with van der Waals surface area (Å²) in [5.74, 6) is 0. The minimum Gasteiger partial charge on any atom is -0.379 e. The van der Waals surface area contributed by atoms with E-state index in [1.54, 1.807) is 7.11 Å². The molecular weight excluding hydrogens is 116 g/mol. The summed E-state index contributed by atoms with van der Waals surface area (Å²) in [5.41, 5.74) is 0.209. The molecule has 2 fully saturated rings. The summed E-state index contributed by atoms with van der Waals surface area (Å²) in [6.45, 7) is 2.16.